The normalized spacial score (nSPS) is 53.0. The quantitative estimate of drug-likeness (QED) is 0.257. The molecule has 32 heavy (non-hydrogen) atoms. The van der Waals surface area contributed by atoms with Crippen molar-refractivity contribution in [3.8, 4) is 0 Å². The molecule has 11 heteroatoms. The highest BCUT2D eigenvalue weighted by molar-refractivity contribution is 5.04. The summed E-state index contributed by atoms with van der Waals surface area (Å²) in [7, 11) is 0. The van der Waals surface area contributed by atoms with E-state index in [1.54, 1.807) is 0 Å². The van der Waals surface area contributed by atoms with Crippen molar-refractivity contribution in [2.45, 2.75) is 106 Å². The molecule has 0 radical (unpaired) electrons. The Hall–Kier alpha value is -0.440. The van der Waals surface area contributed by atoms with Gasteiger partial charge in [-0.1, -0.05) is 0 Å². The molecule has 11 nitrogen and oxygen atoms in total. The molecule has 11 atom stereocenters. The summed E-state index contributed by atoms with van der Waals surface area (Å²) in [5, 5.41) is 60.6. The summed E-state index contributed by atoms with van der Waals surface area (Å²) in [6.07, 6.45) is -7.34. The fourth-order valence-corrected chi connectivity index (χ4v) is 5.52. The largest absolute Gasteiger partial charge is 0.393 e. The molecule has 5 fully saturated rings. The summed E-state index contributed by atoms with van der Waals surface area (Å²) in [4.78, 5) is 0. The molecule has 0 aromatic carbocycles. The first-order valence-corrected chi connectivity index (χ1v) is 11.2. The minimum atomic E-state index is -1.84. The highest BCUT2D eigenvalue weighted by Crippen LogP contribution is 2.51. The van der Waals surface area contributed by atoms with Crippen LogP contribution in [0, 0.1) is 5.92 Å². The minimum Gasteiger partial charge on any atom is -0.393 e. The molecular formula is C21H36O11. The van der Waals surface area contributed by atoms with Gasteiger partial charge < -0.3 is 54.3 Å². The van der Waals surface area contributed by atoms with Crippen molar-refractivity contribution < 1.29 is 54.3 Å². The average molecular weight is 465 g/mol. The van der Waals surface area contributed by atoms with E-state index < -0.39 is 60.9 Å². The van der Waals surface area contributed by atoms with E-state index in [-0.39, 0.29) is 30.8 Å². The van der Waals surface area contributed by atoms with Gasteiger partial charge in [0.2, 0.25) is 0 Å². The summed E-state index contributed by atoms with van der Waals surface area (Å²) in [5.74, 6) is 0.0806. The van der Waals surface area contributed by atoms with Crippen LogP contribution in [-0.4, -0.2) is 116 Å². The summed E-state index contributed by atoms with van der Waals surface area (Å²) >= 11 is 0. The average Bonchev–Trinajstić information content (AvgIpc) is 3.01. The third-order valence-electron chi connectivity index (χ3n) is 7.45. The Morgan fingerprint density at radius 1 is 1.00 bits per heavy atom. The molecule has 1 saturated carbocycles. The second kappa shape index (κ2) is 8.65. The molecule has 2 bridgehead atoms. The van der Waals surface area contributed by atoms with Gasteiger partial charge in [-0.3, -0.25) is 0 Å². The van der Waals surface area contributed by atoms with Crippen LogP contribution in [0.3, 0.4) is 0 Å². The fourth-order valence-electron chi connectivity index (χ4n) is 5.52. The molecule has 1 aliphatic carbocycles. The maximum Gasteiger partial charge on any atom is 0.186 e. The van der Waals surface area contributed by atoms with Crippen molar-refractivity contribution in [3.63, 3.8) is 0 Å². The van der Waals surface area contributed by atoms with Gasteiger partial charge in [0.25, 0.3) is 0 Å². The number of aliphatic hydroxyl groups is 6. The van der Waals surface area contributed by atoms with Crippen LogP contribution < -0.4 is 0 Å². The van der Waals surface area contributed by atoms with E-state index in [9.17, 15) is 30.6 Å². The fraction of sp³-hybridized carbons (Fsp3) is 1.00. The van der Waals surface area contributed by atoms with Gasteiger partial charge in [0.1, 0.15) is 36.1 Å². The predicted octanol–water partition coefficient (Wildman–Crippen LogP) is -2.00. The zero-order chi connectivity index (χ0) is 23.5. The highest BCUT2D eigenvalue weighted by atomic mass is 16.7. The second-order valence-electron chi connectivity index (χ2n) is 10.4. The third kappa shape index (κ3) is 4.34. The lowest BCUT2D eigenvalue weighted by Gasteiger charge is -2.57. The molecule has 0 aromatic heterocycles. The lowest BCUT2D eigenvalue weighted by molar-refractivity contribution is -0.348. The number of aliphatic hydroxyl groups excluding tert-OH is 5. The molecule has 4 saturated heterocycles. The Balaban J connectivity index is 1.40. The SMILES string of the molecule is CC1(C)O[C@]2(C)CC[C@H]1[C@@H](O[C@H]1O[C@@H](CO[C@H]3OC[C@@](O)(CO)[C@H]3O)[C@@H](O)[C@@H](O)[C@H]1O)C2. The van der Waals surface area contributed by atoms with Crippen LogP contribution in [0.1, 0.15) is 40.0 Å². The van der Waals surface area contributed by atoms with Crippen LogP contribution in [0.5, 0.6) is 0 Å². The smallest absolute Gasteiger partial charge is 0.186 e. The summed E-state index contributed by atoms with van der Waals surface area (Å²) in [5.41, 5.74) is -2.60. The number of fused-ring (bicyclic) bond motifs is 3. The maximum absolute atomic E-state index is 10.5. The summed E-state index contributed by atoms with van der Waals surface area (Å²) in [6, 6.07) is 0. The first-order chi connectivity index (χ1) is 14.9. The van der Waals surface area contributed by atoms with E-state index in [0.29, 0.717) is 6.42 Å². The van der Waals surface area contributed by atoms with Crippen molar-refractivity contribution in [3.05, 3.63) is 0 Å². The zero-order valence-electron chi connectivity index (χ0n) is 18.7. The Kier molecular flexibility index (Phi) is 6.67. The zero-order valence-corrected chi connectivity index (χ0v) is 18.7. The van der Waals surface area contributed by atoms with Crippen LogP contribution in [0.2, 0.25) is 0 Å². The Morgan fingerprint density at radius 2 is 1.72 bits per heavy atom. The standard InChI is InChI=1S/C21H36O11/c1-19(2)10-4-5-20(3,32-19)6-11(10)30-17-15(25)14(24)13(23)12(31-17)7-28-18-16(26)21(27,8-22)9-29-18/h10-18,22-27H,4-9H2,1-3H3/t10-,11-,12-,13+,14+,15+,16-,17-,18-,20+,21-/m0/s1. The highest BCUT2D eigenvalue weighted by Gasteiger charge is 2.56. The first kappa shape index (κ1) is 24.7. The molecular weight excluding hydrogens is 428 g/mol. The van der Waals surface area contributed by atoms with Crippen molar-refractivity contribution in [1.82, 2.24) is 0 Å². The minimum absolute atomic E-state index is 0.0806. The van der Waals surface area contributed by atoms with Gasteiger partial charge in [-0.25, -0.2) is 0 Å². The van der Waals surface area contributed by atoms with Crippen LogP contribution >= 0.6 is 0 Å². The number of ether oxygens (including phenoxy) is 5. The second-order valence-corrected chi connectivity index (χ2v) is 10.4. The summed E-state index contributed by atoms with van der Waals surface area (Å²) in [6.45, 7) is 4.72. The first-order valence-electron chi connectivity index (χ1n) is 11.2. The third-order valence-corrected chi connectivity index (χ3v) is 7.45. The lowest BCUT2D eigenvalue weighted by atomic mass is 9.67. The van der Waals surface area contributed by atoms with E-state index in [2.05, 4.69) is 0 Å². The van der Waals surface area contributed by atoms with Gasteiger partial charge >= 0.3 is 0 Å². The molecule has 0 unspecified atom stereocenters. The Bertz CT molecular complexity index is 673. The van der Waals surface area contributed by atoms with Gasteiger partial charge in [-0.2, -0.15) is 0 Å². The number of hydrogen-bond acceptors (Lipinski definition) is 11. The Labute approximate surface area is 186 Å². The molecule has 186 valence electrons. The van der Waals surface area contributed by atoms with Crippen LogP contribution in [0.15, 0.2) is 0 Å². The van der Waals surface area contributed by atoms with Crippen molar-refractivity contribution in [1.29, 1.82) is 0 Å². The van der Waals surface area contributed by atoms with Gasteiger partial charge in [0, 0.05) is 12.3 Å². The van der Waals surface area contributed by atoms with Gasteiger partial charge in [-0.05, 0) is 33.6 Å². The van der Waals surface area contributed by atoms with Crippen LogP contribution in [0.25, 0.3) is 0 Å². The van der Waals surface area contributed by atoms with Crippen molar-refractivity contribution in [2.75, 3.05) is 19.8 Å². The Morgan fingerprint density at radius 3 is 2.31 bits per heavy atom. The number of rotatable bonds is 6. The molecule has 0 spiro atoms. The van der Waals surface area contributed by atoms with E-state index in [1.807, 2.05) is 20.8 Å². The van der Waals surface area contributed by atoms with Crippen LogP contribution in [0.4, 0.5) is 0 Å². The van der Waals surface area contributed by atoms with E-state index in [1.165, 1.54) is 0 Å². The lowest BCUT2D eigenvalue weighted by Crippen LogP contribution is -2.64. The summed E-state index contributed by atoms with van der Waals surface area (Å²) < 4.78 is 28.8. The van der Waals surface area contributed by atoms with E-state index in [4.69, 9.17) is 23.7 Å². The number of hydrogen-bond donors (Lipinski definition) is 6. The maximum atomic E-state index is 10.5. The molecule has 6 N–H and O–H groups in total. The topological polar surface area (TPSA) is 168 Å². The van der Waals surface area contributed by atoms with Crippen LogP contribution in [-0.2, 0) is 23.7 Å². The van der Waals surface area contributed by atoms with Crippen molar-refractivity contribution in [2.24, 2.45) is 5.92 Å². The monoisotopic (exact) mass is 464 g/mol. The van der Waals surface area contributed by atoms with E-state index in [0.717, 1.165) is 12.8 Å². The van der Waals surface area contributed by atoms with Gasteiger partial charge in [-0.15, -0.1) is 0 Å². The molecule has 4 heterocycles. The molecule has 5 aliphatic rings. The molecule has 0 aromatic rings. The molecule has 4 aliphatic heterocycles. The van der Waals surface area contributed by atoms with Crippen molar-refractivity contribution >= 4 is 0 Å². The molecule has 5 rings (SSSR count). The van der Waals surface area contributed by atoms with E-state index >= 15 is 0 Å². The van der Waals surface area contributed by atoms with Gasteiger partial charge in [0.15, 0.2) is 12.6 Å². The van der Waals surface area contributed by atoms with Gasteiger partial charge in [0.05, 0.1) is 37.1 Å². The predicted molar refractivity (Wildman–Crippen MR) is 106 cm³/mol. The molecule has 0 amide bonds.